The second-order valence-corrected chi connectivity index (χ2v) is 8.44. The number of allylic oxidation sites excluding steroid dienone is 2. The topological polar surface area (TPSA) is 114 Å². The van der Waals surface area contributed by atoms with Crippen LogP contribution in [-0.2, 0) is 24.9 Å². The van der Waals surface area contributed by atoms with Gasteiger partial charge in [-0.25, -0.2) is 14.8 Å². The number of aryl methyl sites for hydroxylation is 1. The van der Waals surface area contributed by atoms with Crippen molar-refractivity contribution in [3.63, 3.8) is 0 Å². The largest absolute Gasteiger partial charge is 0.471 e. The van der Waals surface area contributed by atoms with Crippen LogP contribution >= 0.6 is 11.3 Å². The van der Waals surface area contributed by atoms with Crippen molar-refractivity contribution in [2.75, 3.05) is 18.2 Å². The summed E-state index contributed by atoms with van der Waals surface area (Å²) in [6.45, 7) is 12.9. The van der Waals surface area contributed by atoms with Crippen molar-refractivity contribution in [1.29, 1.82) is 0 Å². The van der Waals surface area contributed by atoms with Crippen LogP contribution in [0, 0.1) is 6.92 Å². The lowest BCUT2D eigenvalue weighted by atomic mass is 10.3. The van der Waals surface area contributed by atoms with E-state index in [1.165, 1.54) is 29.2 Å². The summed E-state index contributed by atoms with van der Waals surface area (Å²) in [7, 11) is 1.52. The predicted molar refractivity (Wildman–Crippen MR) is 133 cm³/mol. The van der Waals surface area contributed by atoms with E-state index in [2.05, 4.69) is 28.4 Å². The van der Waals surface area contributed by atoms with Crippen molar-refractivity contribution in [3.05, 3.63) is 60.5 Å². The lowest BCUT2D eigenvalue weighted by molar-refractivity contribution is 0.220. The van der Waals surface area contributed by atoms with Crippen LogP contribution in [0.3, 0.4) is 0 Å². The Balaban J connectivity index is 2.63. The summed E-state index contributed by atoms with van der Waals surface area (Å²) in [5, 5.41) is 11.9. The number of rotatable bonds is 12. The van der Waals surface area contributed by atoms with Gasteiger partial charge in [-0.1, -0.05) is 5.57 Å². The maximum absolute atomic E-state index is 13.4. The molecule has 0 unspecified atom stereocenters. The molecule has 2 aromatic heterocycles. The van der Waals surface area contributed by atoms with E-state index in [-0.39, 0.29) is 44.4 Å². The normalized spacial score (nSPS) is 11.2. The van der Waals surface area contributed by atoms with E-state index in [0.717, 1.165) is 20.8 Å². The van der Waals surface area contributed by atoms with E-state index >= 15 is 0 Å². The Hall–Kier alpha value is -3.31. The summed E-state index contributed by atoms with van der Waals surface area (Å²) >= 11 is 1.45. The van der Waals surface area contributed by atoms with Gasteiger partial charge in [-0.2, -0.15) is 0 Å². The summed E-state index contributed by atoms with van der Waals surface area (Å²) in [4.78, 5) is 40.1. The first-order chi connectivity index (χ1) is 15.7. The van der Waals surface area contributed by atoms with E-state index in [0.29, 0.717) is 5.76 Å². The monoisotopic (exact) mass is 474 g/mol. The number of hydrogen-bond acceptors (Lipinski definition) is 9. The molecule has 0 spiro atoms. The number of aliphatic hydroxyl groups excluding tert-OH is 1. The molecule has 33 heavy (non-hydrogen) atoms. The number of ether oxygens (including phenoxy) is 1. The minimum absolute atomic E-state index is 0.0419. The highest BCUT2D eigenvalue weighted by Gasteiger charge is 2.23. The highest BCUT2D eigenvalue weighted by molar-refractivity contribution is 7.09. The second-order valence-electron chi connectivity index (χ2n) is 7.50. The number of anilines is 1. The molecule has 2 heterocycles. The van der Waals surface area contributed by atoms with Crippen molar-refractivity contribution in [1.82, 2.24) is 14.1 Å². The van der Waals surface area contributed by atoms with Crippen molar-refractivity contribution < 1.29 is 9.84 Å². The molecule has 0 bridgehead atoms. The minimum atomic E-state index is -0.541. The third-order valence-electron chi connectivity index (χ3n) is 4.53. The fourth-order valence-corrected chi connectivity index (χ4v) is 3.88. The van der Waals surface area contributed by atoms with Crippen LogP contribution in [0.2, 0.25) is 0 Å². The highest BCUT2D eigenvalue weighted by Crippen LogP contribution is 2.25. The number of aromatic nitrogens is 3. The van der Waals surface area contributed by atoms with Gasteiger partial charge in [-0.05, 0) is 46.7 Å². The lowest BCUT2D eigenvalue weighted by Crippen LogP contribution is -2.43. The fraction of sp³-hybridized carbons (Fsp3) is 0.409. The van der Waals surface area contributed by atoms with E-state index < -0.39 is 11.2 Å². The summed E-state index contributed by atoms with van der Waals surface area (Å²) in [5.74, 6) is 0.584. The van der Waals surface area contributed by atoms with Gasteiger partial charge in [-0.3, -0.25) is 18.9 Å². The first-order valence-corrected chi connectivity index (χ1v) is 11.1. The van der Waals surface area contributed by atoms with E-state index in [4.69, 9.17) is 4.74 Å². The molecular weight excluding hydrogens is 444 g/mol. The van der Waals surface area contributed by atoms with Gasteiger partial charge in [0.2, 0.25) is 0 Å². The molecule has 0 aromatic carbocycles. The zero-order valence-corrected chi connectivity index (χ0v) is 20.3. The molecule has 0 saturated heterocycles. The molecule has 0 atom stereocenters. The van der Waals surface area contributed by atoms with Crippen LogP contribution in [0.15, 0.2) is 48.6 Å². The number of nitrogens with zero attached hydrogens (tertiary/aromatic N) is 6. The van der Waals surface area contributed by atoms with Crippen molar-refractivity contribution >= 4 is 36.3 Å². The Morgan fingerprint density at radius 1 is 1.36 bits per heavy atom. The fourth-order valence-electron chi connectivity index (χ4n) is 3.10. The smallest absolute Gasteiger partial charge is 0.332 e. The zero-order chi connectivity index (χ0) is 24.5. The molecule has 0 amide bonds. The molecule has 0 fully saturated rings. The zero-order valence-electron chi connectivity index (χ0n) is 19.4. The standard InChI is InChI=1S/C22H30N6O4S/c1-15(2)10-17(11-23-4)32-14-27(12-18-25-16(3)13-33-18)19-20(24-5)26(6)22(31)28(21(19)30)8-7-9-29/h10-11,13,29H,4-5,7-9,12,14H2,1-3,6H3/b17-11+. The van der Waals surface area contributed by atoms with Gasteiger partial charge >= 0.3 is 5.69 Å². The summed E-state index contributed by atoms with van der Waals surface area (Å²) in [5.41, 5.74) is 0.932. The Labute approximate surface area is 196 Å². The molecule has 0 aliphatic carbocycles. The number of thiazole rings is 1. The molecule has 11 heteroatoms. The van der Waals surface area contributed by atoms with E-state index in [1.54, 1.807) is 11.0 Å². The Morgan fingerprint density at radius 2 is 2.09 bits per heavy atom. The first-order valence-electron chi connectivity index (χ1n) is 10.2. The van der Waals surface area contributed by atoms with Crippen molar-refractivity contribution in [3.8, 4) is 0 Å². The summed E-state index contributed by atoms with van der Waals surface area (Å²) < 4.78 is 8.30. The van der Waals surface area contributed by atoms with Crippen LogP contribution in [-0.4, -0.2) is 46.0 Å². The Bertz CT molecular complexity index is 1170. The molecule has 1 N–H and O–H groups in total. The van der Waals surface area contributed by atoms with Gasteiger partial charge in [0.25, 0.3) is 5.56 Å². The second kappa shape index (κ2) is 12.1. The van der Waals surface area contributed by atoms with Gasteiger partial charge in [0, 0.05) is 31.3 Å². The van der Waals surface area contributed by atoms with Crippen LogP contribution in [0.25, 0.3) is 0 Å². The van der Waals surface area contributed by atoms with Crippen molar-refractivity contribution in [2.24, 2.45) is 17.0 Å². The number of aliphatic hydroxyl groups is 1. The highest BCUT2D eigenvalue weighted by atomic mass is 32.1. The van der Waals surface area contributed by atoms with Crippen LogP contribution in [0.5, 0.6) is 0 Å². The lowest BCUT2D eigenvalue weighted by Gasteiger charge is -2.26. The Kier molecular flexibility index (Phi) is 9.49. The number of hydrogen-bond donors (Lipinski definition) is 1. The Morgan fingerprint density at radius 3 is 2.64 bits per heavy atom. The molecule has 2 aromatic rings. The molecule has 0 saturated carbocycles. The van der Waals surface area contributed by atoms with Crippen LogP contribution in [0.4, 0.5) is 11.5 Å². The van der Waals surface area contributed by atoms with E-state index in [9.17, 15) is 14.7 Å². The maximum atomic E-state index is 13.4. The third kappa shape index (κ3) is 6.59. The van der Waals surface area contributed by atoms with Gasteiger partial charge in [0.15, 0.2) is 12.5 Å². The van der Waals surface area contributed by atoms with Gasteiger partial charge < -0.3 is 14.7 Å². The maximum Gasteiger partial charge on any atom is 0.332 e. The summed E-state index contributed by atoms with van der Waals surface area (Å²) in [6, 6.07) is 0. The molecular formula is C22H30N6O4S. The average Bonchev–Trinajstić information content (AvgIpc) is 3.18. The molecule has 0 aliphatic heterocycles. The van der Waals surface area contributed by atoms with Crippen molar-refractivity contribution in [2.45, 2.75) is 40.3 Å². The van der Waals surface area contributed by atoms with Crippen LogP contribution < -0.4 is 16.1 Å². The first kappa shape index (κ1) is 25.9. The quantitative estimate of drug-likeness (QED) is 0.219. The van der Waals surface area contributed by atoms with Gasteiger partial charge in [0.1, 0.15) is 16.5 Å². The number of aliphatic imine (C=N–C) groups is 2. The molecule has 178 valence electrons. The third-order valence-corrected chi connectivity index (χ3v) is 5.48. The van der Waals surface area contributed by atoms with Crippen LogP contribution in [0.1, 0.15) is 31.0 Å². The summed E-state index contributed by atoms with van der Waals surface area (Å²) in [6.07, 6.45) is 3.54. The van der Waals surface area contributed by atoms with Gasteiger partial charge in [-0.15, -0.1) is 11.3 Å². The SMILES string of the molecule is C=N/C=C(\C=C(C)C)OCN(Cc1nc(C)cs1)c1c(N=C)n(C)c(=O)n(CCCO)c1=O. The minimum Gasteiger partial charge on any atom is -0.471 e. The average molecular weight is 475 g/mol. The molecule has 10 nitrogen and oxygen atoms in total. The van der Waals surface area contributed by atoms with E-state index in [1.807, 2.05) is 26.2 Å². The predicted octanol–water partition coefficient (Wildman–Crippen LogP) is 2.52. The van der Waals surface area contributed by atoms with Gasteiger partial charge in [0.05, 0.1) is 12.7 Å². The molecule has 2 rings (SSSR count). The molecule has 0 radical (unpaired) electrons. The molecule has 0 aliphatic rings.